The lowest BCUT2D eigenvalue weighted by molar-refractivity contribution is 1.56. The fraction of sp³-hybridized carbons (Fsp3) is 0. The van der Waals surface area contributed by atoms with Crippen LogP contribution in [0.15, 0.2) is 146 Å². The number of rotatable bonds is 4. The van der Waals surface area contributed by atoms with E-state index in [2.05, 4.69) is 151 Å². The highest BCUT2D eigenvalue weighted by atomic mass is 14.9. The molecule has 7 aromatic carbocycles. The quantitative estimate of drug-likeness (QED) is 0.252. The fourth-order valence-electron chi connectivity index (χ4n) is 5.36. The summed E-state index contributed by atoms with van der Waals surface area (Å²) in [7, 11) is 0. The van der Waals surface area contributed by atoms with Gasteiger partial charge in [0.05, 0.1) is 0 Å². The van der Waals surface area contributed by atoms with Gasteiger partial charge in [-0.05, 0) is 91.0 Å². The normalized spacial score (nSPS) is 11.2. The van der Waals surface area contributed by atoms with Gasteiger partial charge in [-0.15, -0.1) is 0 Å². The number of hydrogen-bond donors (Lipinski definition) is 1. The molecule has 0 unspecified atom stereocenters. The summed E-state index contributed by atoms with van der Waals surface area (Å²) < 4.78 is 0. The van der Waals surface area contributed by atoms with Gasteiger partial charge in [-0.1, -0.05) is 109 Å². The lowest BCUT2D eigenvalue weighted by atomic mass is 9.93. The van der Waals surface area contributed by atoms with Crippen LogP contribution in [0.4, 0.5) is 11.4 Å². The van der Waals surface area contributed by atoms with Crippen molar-refractivity contribution in [1.29, 1.82) is 0 Å². The molecule has 0 radical (unpaired) electrons. The van der Waals surface area contributed by atoms with Crippen molar-refractivity contribution in [3.05, 3.63) is 146 Å². The molecule has 1 nitrogen and oxygen atoms in total. The average Bonchev–Trinajstić information content (AvgIpc) is 2.97. The Labute approximate surface area is 216 Å². The molecule has 0 spiro atoms. The van der Waals surface area contributed by atoms with Gasteiger partial charge in [-0.2, -0.15) is 0 Å². The third-order valence-corrected chi connectivity index (χ3v) is 7.18. The fourth-order valence-corrected chi connectivity index (χ4v) is 5.36. The molecule has 1 heteroatoms. The molecule has 0 aliphatic rings. The molecule has 0 aliphatic heterocycles. The molecule has 0 atom stereocenters. The zero-order valence-electron chi connectivity index (χ0n) is 20.4. The molecule has 174 valence electrons. The minimum absolute atomic E-state index is 1.08. The molecule has 0 saturated heterocycles. The Bertz CT molecular complexity index is 1900. The van der Waals surface area contributed by atoms with E-state index in [0.29, 0.717) is 0 Å². The summed E-state index contributed by atoms with van der Waals surface area (Å²) in [6.45, 7) is 0. The van der Waals surface area contributed by atoms with Gasteiger partial charge in [0.1, 0.15) is 0 Å². The Kier molecular flexibility index (Phi) is 5.19. The molecule has 7 rings (SSSR count). The van der Waals surface area contributed by atoms with E-state index in [1.165, 1.54) is 54.6 Å². The second kappa shape index (κ2) is 8.96. The Morgan fingerprint density at radius 3 is 1.89 bits per heavy atom. The van der Waals surface area contributed by atoms with Gasteiger partial charge < -0.3 is 5.32 Å². The van der Waals surface area contributed by atoms with E-state index in [1.54, 1.807) is 0 Å². The minimum atomic E-state index is 1.08. The molecule has 0 heterocycles. The van der Waals surface area contributed by atoms with E-state index in [4.69, 9.17) is 0 Å². The minimum Gasteiger partial charge on any atom is -0.355 e. The average molecular weight is 472 g/mol. The van der Waals surface area contributed by atoms with Gasteiger partial charge in [0, 0.05) is 11.4 Å². The molecular weight excluding hydrogens is 446 g/mol. The van der Waals surface area contributed by atoms with Crippen LogP contribution in [0.5, 0.6) is 0 Å². The molecule has 0 aliphatic carbocycles. The van der Waals surface area contributed by atoms with E-state index < -0.39 is 0 Å². The van der Waals surface area contributed by atoms with Gasteiger partial charge in [-0.25, -0.2) is 0 Å². The van der Waals surface area contributed by atoms with Gasteiger partial charge >= 0.3 is 0 Å². The summed E-state index contributed by atoms with van der Waals surface area (Å²) >= 11 is 0. The first-order valence-corrected chi connectivity index (χ1v) is 12.7. The highest BCUT2D eigenvalue weighted by Gasteiger charge is 2.09. The first-order chi connectivity index (χ1) is 18.3. The van der Waals surface area contributed by atoms with Crippen LogP contribution >= 0.6 is 0 Å². The maximum absolute atomic E-state index is 3.64. The molecule has 0 bridgehead atoms. The van der Waals surface area contributed by atoms with Crippen LogP contribution in [0, 0.1) is 0 Å². The van der Waals surface area contributed by atoms with Crippen molar-refractivity contribution in [1.82, 2.24) is 0 Å². The summed E-state index contributed by atoms with van der Waals surface area (Å²) in [5.74, 6) is 0. The maximum atomic E-state index is 3.64. The van der Waals surface area contributed by atoms with Gasteiger partial charge in [-0.3, -0.25) is 0 Å². The summed E-state index contributed by atoms with van der Waals surface area (Å²) in [6, 6.07) is 52.2. The summed E-state index contributed by atoms with van der Waals surface area (Å²) in [5, 5.41) is 11.2. The number of hydrogen-bond acceptors (Lipinski definition) is 1. The first-order valence-electron chi connectivity index (χ1n) is 12.7. The Morgan fingerprint density at radius 1 is 0.324 bits per heavy atom. The van der Waals surface area contributed by atoms with Crippen molar-refractivity contribution in [3.63, 3.8) is 0 Å². The van der Waals surface area contributed by atoms with E-state index in [0.717, 1.165) is 11.4 Å². The van der Waals surface area contributed by atoms with Crippen LogP contribution in [0.2, 0.25) is 0 Å². The highest BCUT2D eigenvalue weighted by molar-refractivity contribution is 6.13. The molecule has 7 aromatic rings. The van der Waals surface area contributed by atoms with E-state index in [1.807, 2.05) is 0 Å². The summed E-state index contributed by atoms with van der Waals surface area (Å²) in [4.78, 5) is 0. The predicted octanol–water partition coefficient (Wildman–Crippen LogP) is 10.2. The van der Waals surface area contributed by atoms with E-state index in [-0.39, 0.29) is 0 Å². The second-order valence-electron chi connectivity index (χ2n) is 9.54. The molecule has 0 amide bonds. The van der Waals surface area contributed by atoms with E-state index in [9.17, 15) is 0 Å². The standard InChI is InChI=1S/C36H25N/c1-2-9-25(10-3-1)26-17-18-28-22-32(20-19-27(28)21-26)37-31-13-8-12-29(23-31)36-24-30-11-4-5-14-33(30)34-15-6-7-16-35(34)36/h1-24,37H. The third-order valence-electron chi connectivity index (χ3n) is 7.18. The number of anilines is 2. The number of nitrogens with one attached hydrogen (secondary N) is 1. The van der Waals surface area contributed by atoms with Crippen LogP contribution < -0.4 is 5.32 Å². The molecule has 0 aromatic heterocycles. The van der Waals surface area contributed by atoms with Crippen LogP contribution in [0.1, 0.15) is 0 Å². The Morgan fingerprint density at radius 2 is 1.00 bits per heavy atom. The molecule has 0 saturated carbocycles. The van der Waals surface area contributed by atoms with Crippen molar-refractivity contribution in [2.45, 2.75) is 0 Å². The SMILES string of the molecule is c1ccc(-c2ccc3cc(Nc4cccc(-c5cc6ccccc6c6ccccc56)c4)ccc3c2)cc1. The Hall–Kier alpha value is -4.88. The third kappa shape index (κ3) is 4.01. The van der Waals surface area contributed by atoms with Crippen LogP contribution in [0.25, 0.3) is 54.6 Å². The summed E-state index contributed by atoms with van der Waals surface area (Å²) in [6.07, 6.45) is 0. The molecular formula is C36H25N. The van der Waals surface area contributed by atoms with Gasteiger partial charge in [0.15, 0.2) is 0 Å². The zero-order chi connectivity index (χ0) is 24.6. The zero-order valence-corrected chi connectivity index (χ0v) is 20.4. The monoisotopic (exact) mass is 471 g/mol. The van der Waals surface area contributed by atoms with Gasteiger partial charge in [0.2, 0.25) is 0 Å². The van der Waals surface area contributed by atoms with Crippen molar-refractivity contribution in [3.8, 4) is 22.3 Å². The molecule has 37 heavy (non-hydrogen) atoms. The van der Waals surface area contributed by atoms with E-state index >= 15 is 0 Å². The van der Waals surface area contributed by atoms with Crippen LogP contribution in [-0.2, 0) is 0 Å². The highest BCUT2D eigenvalue weighted by Crippen LogP contribution is 2.36. The number of fused-ring (bicyclic) bond motifs is 4. The molecule has 1 N–H and O–H groups in total. The van der Waals surface area contributed by atoms with Crippen molar-refractivity contribution in [2.24, 2.45) is 0 Å². The molecule has 0 fully saturated rings. The second-order valence-corrected chi connectivity index (χ2v) is 9.54. The lowest BCUT2D eigenvalue weighted by Gasteiger charge is -2.13. The predicted molar refractivity (Wildman–Crippen MR) is 160 cm³/mol. The Balaban J connectivity index is 1.24. The first kappa shape index (κ1) is 21.4. The van der Waals surface area contributed by atoms with Crippen molar-refractivity contribution >= 4 is 43.7 Å². The van der Waals surface area contributed by atoms with Crippen molar-refractivity contribution in [2.75, 3.05) is 5.32 Å². The van der Waals surface area contributed by atoms with Crippen LogP contribution in [0.3, 0.4) is 0 Å². The maximum Gasteiger partial charge on any atom is 0.0390 e. The smallest absolute Gasteiger partial charge is 0.0390 e. The van der Waals surface area contributed by atoms with Gasteiger partial charge in [0.25, 0.3) is 0 Å². The topological polar surface area (TPSA) is 12.0 Å². The largest absolute Gasteiger partial charge is 0.355 e. The summed E-state index contributed by atoms with van der Waals surface area (Å²) in [5.41, 5.74) is 7.11. The number of benzene rings is 7. The van der Waals surface area contributed by atoms with Crippen LogP contribution in [-0.4, -0.2) is 0 Å². The van der Waals surface area contributed by atoms with Crippen molar-refractivity contribution < 1.29 is 0 Å². The lowest BCUT2D eigenvalue weighted by Crippen LogP contribution is -1.91.